The van der Waals surface area contributed by atoms with Crippen LogP contribution in [0.25, 0.3) is 11.2 Å². The zero-order valence-corrected chi connectivity index (χ0v) is 15.4. The Morgan fingerprint density at radius 1 is 1.31 bits per heavy atom. The smallest absolute Gasteiger partial charge is 0.298 e. The summed E-state index contributed by atoms with van der Waals surface area (Å²) >= 11 is 0. The molecular weight excluding hydrogens is 332 g/mol. The number of likely N-dealkylation sites (tertiary alicyclic amines) is 1. The molecule has 4 rings (SSSR count). The van der Waals surface area contributed by atoms with Crippen LogP contribution in [0, 0.1) is 5.92 Å². The van der Waals surface area contributed by atoms with Gasteiger partial charge in [-0.05, 0) is 32.6 Å². The highest BCUT2D eigenvalue weighted by Gasteiger charge is 2.36. The number of nitrogens with zero attached hydrogens (tertiary/aromatic N) is 5. The Morgan fingerprint density at radius 2 is 2.15 bits per heavy atom. The number of hydrogen-bond donors (Lipinski definition) is 1. The van der Waals surface area contributed by atoms with Gasteiger partial charge in [0.1, 0.15) is 6.33 Å². The number of aryl methyl sites for hydroxylation is 1. The van der Waals surface area contributed by atoms with E-state index < -0.39 is 0 Å². The highest BCUT2D eigenvalue weighted by molar-refractivity contribution is 5.84. The van der Waals surface area contributed by atoms with Crippen molar-refractivity contribution in [3.8, 4) is 6.01 Å². The van der Waals surface area contributed by atoms with E-state index in [0.29, 0.717) is 24.3 Å². The molecule has 0 radical (unpaired) electrons. The van der Waals surface area contributed by atoms with E-state index in [1.54, 1.807) is 6.33 Å². The van der Waals surface area contributed by atoms with Gasteiger partial charge in [0.05, 0.1) is 6.61 Å². The van der Waals surface area contributed by atoms with Crippen molar-refractivity contribution in [1.82, 2.24) is 24.4 Å². The first-order chi connectivity index (χ1) is 12.7. The molecule has 3 heterocycles. The summed E-state index contributed by atoms with van der Waals surface area (Å²) in [5.41, 5.74) is 1.51. The van der Waals surface area contributed by atoms with E-state index in [9.17, 15) is 4.79 Å². The number of aromatic nitrogens is 4. The topological polar surface area (TPSA) is 85.2 Å². The predicted molar refractivity (Wildman–Crippen MR) is 98.1 cm³/mol. The number of carbonyl (C=O) groups is 1. The van der Waals surface area contributed by atoms with Crippen molar-refractivity contribution >= 4 is 22.9 Å². The number of anilines is 1. The van der Waals surface area contributed by atoms with Gasteiger partial charge in [-0.3, -0.25) is 9.36 Å². The fourth-order valence-electron chi connectivity index (χ4n) is 3.47. The molecule has 1 N–H and O–H groups in total. The average molecular weight is 358 g/mol. The summed E-state index contributed by atoms with van der Waals surface area (Å²) in [5.74, 6) is 1.31. The maximum atomic E-state index is 12.2. The SMILES string of the molecule is CCCOc1nc2c(NC3CCN(C(=O)C4CC4)C3)ncnc2n1CC. The Hall–Kier alpha value is -2.38. The summed E-state index contributed by atoms with van der Waals surface area (Å²) in [5, 5.41) is 3.47. The minimum absolute atomic E-state index is 0.197. The van der Waals surface area contributed by atoms with E-state index in [0.717, 1.165) is 56.5 Å². The normalized spacial score (nSPS) is 19.9. The Bertz CT molecular complexity index is 800. The van der Waals surface area contributed by atoms with Gasteiger partial charge < -0.3 is 15.0 Å². The second-order valence-electron chi connectivity index (χ2n) is 7.07. The third kappa shape index (κ3) is 3.20. The molecule has 2 aliphatic rings. The van der Waals surface area contributed by atoms with Crippen LogP contribution in [0.15, 0.2) is 6.33 Å². The van der Waals surface area contributed by atoms with Crippen LogP contribution in [-0.4, -0.2) is 56.1 Å². The highest BCUT2D eigenvalue weighted by atomic mass is 16.5. The molecule has 8 nitrogen and oxygen atoms in total. The molecule has 0 aromatic carbocycles. The molecule has 2 aromatic heterocycles. The maximum absolute atomic E-state index is 12.2. The van der Waals surface area contributed by atoms with Crippen molar-refractivity contribution in [1.29, 1.82) is 0 Å². The number of hydrogen-bond acceptors (Lipinski definition) is 6. The quantitative estimate of drug-likeness (QED) is 0.815. The van der Waals surface area contributed by atoms with Crippen LogP contribution in [0.1, 0.15) is 39.5 Å². The van der Waals surface area contributed by atoms with Gasteiger partial charge in [-0.2, -0.15) is 4.98 Å². The van der Waals surface area contributed by atoms with Crippen molar-refractivity contribution in [2.75, 3.05) is 25.0 Å². The molecule has 1 aliphatic heterocycles. The zero-order chi connectivity index (χ0) is 18.1. The minimum atomic E-state index is 0.197. The molecule has 1 saturated heterocycles. The number of nitrogens with one attached hydrogen (secondary N) is 1. The Labute approximate surface area is 153 Å². The van der Waals surface area contributed by atoms with Crippen LogP contribution in [0.4, 0.5) is 5.82 Å². The molecule has 2 fully saturated rings. The molecule has 1 atom stereocenters. The second-order valence-corrected chi connectivity index (χ2v) is 7.07. The van der Waals surface area contributed by atoms with Gasteiger partial charge >= 0.3 is 0 Å². The van der Waals surface area contributed by atoms with E-state index >= 15 is 0 Å². The zero-order valence-electron chi connectivity index (χ0n) is 15.4. The molecule has 2 aromatic rings. The lowest BCUT2D eigenvalue weighted by Gasteiger charge is -2.17. The predicted octanol–water partition coefficient (Wildman–Crippen LogP) is 2.06. The summed E-state index contributed by atoms with van der Waals surface area (Å²) < 4.78 is 7.74. The molecule has 8 heteroatoms. The molecule has 0 bridgehead atoms. The van der Waals surface area contributed by atoms with E-state index in [1.165, 1.54) is 0 Å². The summed E-state index contributed by atoms with van der Waals surface area (Å²) in [6, 6.07) is 0.785. The number of rotatable bonds is 7. The Balaban J connectivity index is 1.53. The van der Waals surface area contributed by atoms with Gasteiger partial charge in [-0.1, -0.05) is 6.92 Å². The van der Waals surface area contributed by atoms with Gasteiger partial charge in [0, 0.05) is 31.6 Å². The second kappa shape index (κ2) is 7.09. The van der Waals surface area contributed by atoms with Crippen molar-refractivity contribution in [3.63, 3.8) is 0 Å². The first-order valence-corrected chi connectivity index (χ1v) is 9.60. The van der Waals surface area contributed by atoms with Gasteiger partial charge in [-0.25, -0.2) is 9.97 Å². The summed E-state index contributed by atoms with van der Waals surface area (Å²) in [7, 11) is 0. The number of imidazole rings is 1. The fourth-order valence-corrected chi connectivity index (χ4v) is 3.47. The summed E-state index contributed by atoms with van der Waals surface area (Å²) in [4.78, 5) is 27.6. The van der Waals surface area contributed by atoms with Crippen molar-refractivity contribution < 1.29 is 9.53 Å². The van der Waals surface area contributed by atoms with E-state index in [1.807, 2.05) is 16.4 Å². The fraction of sp³-hybridized carbons (Fsp3) is 0.667. The first kappa shape index (κ1) is 17.1. The maximum Gasteiger partial charge on any atom is 0.298 e. The largest absolute Gasteiger partial charge is 0.465 e. The van der Waals surface area contributed by atoms with Crippen LogP contribution in [0.2, 0.25) is 0 Å². The van der Waals surface area contributed by atoms with Gasteiger partial charge in [-0.15, -0.1) is 0 Å². The number of carbonyl (C=O) groups excluding carboxylic acids is 1. The molecule has 1 aliphatic carbocycles. The van der Waals surface area contributed by atoms with E-state index in [2.05, 4.69) is 27.2 Å². The molecule has 140 valence electrons. The number of ether oxygens (including phenoxy) is 1. The average Bonchev–Trinajstić information content (AvgIpc) is 3.29. The molecule has 1 unspecified atom stereocenters. The van der Waals surface area contributed by atoms with Crippen LogP contribution in [0.5, 0.6) is 6.01 Å². The molecule has 0 spiro atoms. The summed E-state index contributed by atoms with van der Waals surface area (Å²) in [6.45, 7) is 7.03. The molecule has 1 amide bonds. The van der Waals surface area contributed by atoms with Crippen LogP contribution in [0.3, 0.4) is 0 Å². The molecular formula is C18H26N6O2. The lowest BCUT2D eigenvalue weighted by molar-refractivity contribution is -0.131. The third-order valence-corrected chi connectivity index (χ3v) is 5.02. The Morgan fingerprint density at radius 3 is 2.88 bits per heavy atom. The van der Waals surface area contributed by atoms with E-state index in [4.69, 9.17) is 4.74 Å². The van der Waals surface area contributed by atoms with Crippen LogP contribution in [-0.2, 0) is 11.3 Å². The van der Waals surface area contributed by atoms with Crippen molar-refractivity contribution in [2.45, 2.75) is 52.1 Å². The first-order valence-electron chi connectivity index (χ1n) is 9.60. The van der Waals surface area contributed by atoms with Gasteiger partial charge in [0.2, 0.25) is 5.91 Å². The third-order valence-electron chi connectivity index (χ3n) is 5.02. The standard InChI is InChI=1S/C18H26N6O2/c1-3-9-26-18-22-14-15(19-11-20-16(14)24(18)4-2)21-13-7-8-23(10-13)17(25)12-5-6-12/h11-13H,3-10H2,1-2H3,(H,19,20,21). The monoisotopic (exact) mass is 358 g/mol. The number of fused-ring (bicyclic) bond motifs is 1. The van der Waals surface area contributed by atoms with Gasteiger partial charge in [0.25, 0.3) is 6.01 Å². The van der Waals surface area contributed by atoms with Crippen LogP contribution >= 0.6 is 0 Å². The lowest BCUT2D eigenvalue weighted by Crippen LogP contribution is -2.32. The lowest BCUT2D eigenvalue weighted by atomic mass is 10.2. The minimum Gasteiger partial charge on any atom is -0.465 e. The Kier molecular flexibility index (Phi) is 4.65. The number of amides is 1. The van der Waals surface area contributed by atoms with Gasteiger partial charge in [0.15, 0.2) is 17.0 Å². The summed E-state index contributed by atoms with van der Waals surface area (Å²) in [6.07, 6.45) is 5.52. The van der Waals surface area contributed by atoms with Crippen LogP contribution < -0.4 is 10.1 Å². The molecule has 1 saturated carbocycles. The van der Waals surface area contributed by atoms with Crippen molar-refractivity contribution in [3.05, 3.63) is 6.33 Å². The van der Waals surface area contributed by atoms with E-state index in [-0.39, 0.29) is 12.0 Å². The highest BCUT2D eigenvalue weighted by Crippen LogP contribution is 2.32. The molecule has 26 heavy (non-hydrogen) atoms. The van der Waals surface area contributed by atoms with Crippen molar-refractivity contribution in [2.24, 2.45) is 5.92 Å².